The van der Waals surface area contributed by atoms with Gasteiger partial charge in [0.25, 0.3) is 0 Å². The predicted octanol–water partition coefficient (Wildman–Crippen LogP) is 2.99. The lowest BCUT2D eigenvalue weighted by Gasteiger charge is -2.28. The molecule has 4 amide bonds. The van der Waals surface area contributed by atoms with Gasteiger partial charge in [-0.05, 0) is 49.8 Å². The molecule has 0 spiro atoms. The Balaban J connectivity index is 2.14. The van der Waals surface area contributed by atoms with Crippen LogP contribution in [0.15, 0.2) is 18.2 Å². The maximum atomic E-state index is 13.9. The number of ether oxygens (including phenoxy) is 2. The van der Waals surface area contributed by atoms with Crippen LogP contribution in [0.1, 0.15) is 71.8 Å². The fourth-order valence-electron chi connectivity index (χ4n) is 4.91. The first-order valence-corrected chi connectivity index (χ1v) is 14.7. The monoisotopic (exact) mass is 610 g/mol. The maximum absolute atomic E-state index is 13.9. The smallest absolute Gasteiger partial charge is 0.332 e. The molecule has 1 aliphatic heterocycles. The Hall–Kier alpha value is -3.77. The normalized spacial score (nSPS) is 16.7. The van der Waals surface area contributed by atoms with Crippen molar-refractivity contribution in [2.75, 3.05) is 20.2 Å². The number of hydrogen-bond acceptors (Lipinski definition) is 7. The fraction of sp³-hybridized carbons (Fsp3) is 0.633. The van der Waals surface area contributed by atoms with Crippen molar-refractivity contribution in [1.29, 1.82) is 0 Å². The summed E-state index contributed by atoms with van der Waals surface area (Å²) in [6.07, 6.45) is 3.20. The van der Waals surface area contributed by atoms with Gasteiger partial charge in [0.05, 0.1) is 7.11 Å². The van der Waals surface area contributed by atoms with Crippen molar-refractivity contribution in [3.8, 4) is 0 Å². The molecule has 4 atom stereocenters. The number of hydrogen-bond donors (Lipinski definition) is 3. The lowest BCUT2D eigenvalue weighted by molar-refractivity contribution is -0.163. The molecular formula is C30H44F2N4O7. The number of likely N-dealkylation sites (tertiary alicyclic amines) is 1. The zero-order valence-corrected chi connectivity index (χ0v) is 25.5. The number of methoxy groups -OCH3 is 1. The van der Waals surface area contributed by atoms with Crippen molar-refractivity contribution in [2.45, 2.75) is 96.9 Å². The zero-order valence-electron chi connectivity index (χ0n) is 25.5. The van der Waals surface area contributed by atoms with Crippen molar-refractivity contribution in [1.82, 2.24) is 20.9 Å². The third kappa shape index (κ3) is 11.8. The maximum Gasteiger partial charge on any atom is 0.332 e. The molecule has 0 aromatic heterocycles. The molecule has 0 aliphatic carbocycles. The summed E-state index contributed by atoms with van der Waals surface area (Å²) >= 11 is 0. The van der Waals surface area contributed by atoms with Crippen LogP contribution in [0.3, 0.4) is 0 Å². The van der Waals surface area contributed by atoms with Crippen molar-refractivity contribution in [3.05, 3.63) is 35.4 Å². The first-order valence-electron chi connectivity index (χ1n) is 14.7. The van der Waals surface area contributed by atoms with E-state index in [0.717, 1.165) is 44.9 Å². The van der Waals surface area contributed by atoms with Gasteiger partial charge in [0.1, 0.15) is 29.8 Å². The third-order valence-corrected chi connectivity index (χ3v) is 7.18. The largest absolute Gasteiger partial charge is 0.467 e. The number of halogens is 2. The Kier molecular flexibility index (Phi) is 14.3. The summed E-state index contributed by atoms with van der Waals surface area (Å²) in [6.45, 7) is 7.73. The van der Waals surface area contributed by atoms with Crippen LogP contribution in [0, 0.1) is 17.6 Å². The Morgan fingerprint density at radius 2 is 1.67 bits per heavy atom. The second-order valence-corrected chi connectivity index (χ2v) is 11.2. The average Bonchev–Trinajstić information content (AvgIpc) is 3.43. The second kappa shape index (κ2) is 17.4. The topological polar surface area (TPSA) is 143 Å². The molecule has 1 saturated heterocycles. The molecule has 0 bridgehead atoms. The van der Waals surface area contributed by atoms with Crippen LogP contribution in [-0.2, 0) is 35.1 Å². The highest BCUT2D eigenvalue weighted by Crippen LogP contribution is 2.20. The molecule has 1 fully saturated rings. The number of nitrogens with one attached hydrogen (secondary N) is 3. The van der Waals surface area contributed by atoms with Gasteiger partial charge in [-0.1, -0.05) is 33.1 Å². The number of urea groups is 1. The van der Waals surface area contributed by atoms with E-state index in [9.17, 15) is 32.8 Å². The highest BCUT2D eigenvalue weighted by molar-refractivity contribution is 5.91. The third-order valence-electron chi connectivity index (χ3n) is 7.18. The Bertz CT molecular complexity index is 1110. The number of unbranched alkanes of at least 4 members (excludes halogenated alkanes) is 2. The van der Waals surface area contributed by atoms with Gasteiger partial charge in [-0.2, -0.15) is 0 Å². The summed E-state index contributed by atoms with van der Waals surface area (Å²) in [5.74, 6) is -3.96. The molecule has 1 aromatic carbocycles. The summed E-state index contributed by atoms with van der Waals surface area (Å²) in [6, 6.07) is -1.60. The first-order chi connectivity index (χ1) is 20.3. The van der Waals surface area contributed by atoms with E-state index in [0.29, 0.717) is 37.9 Å². The van der Waals surface area contributed by atoms with Crippen LogP contribution in [0.5, 0.6) is 0 Å². The van der Waals surface area contributed by atoms with E-state index >= 15 is 0 Å². The minimum absolute atomic E-state index is 0.0892. The lowest BCUT2D eigenvalue weighted by atomic mass is 10.0. The number of rotatable bonds is 15. The van der Waals surface area contributed by atoms with Crippen LogP contribution in [0.4, 0.5) is 13.6 Å². The number of esters is 2. The number of benzene rings is 1. The molecule has 3 N–H and O–H groups in total. The first kappa shape index (κ1) is 35.4. The minimum atomic E-state index is -1.48. The highest BCUT2D eigenvalue weighted by Gasteiger charge is 2.38. The second-order valence-electron chi connectivity index (χ2n) is 11.2. The van der Waals surface area contributed by atoms with E-state index in [-0.39, 0.29) is 17.9 Å². The summed E-state index contributed by atoms with van der Waals surface area (Å²) in [5, 5.41) is 7.63. The van der Waals surface area contributed by atoms with E-state index in [1.807, 2.05) is 0 Å². The standard InChI is InChI=1S/C30H44F2N4O7/c1-18(2)10-7-6-8-12-33-30(41)34-24(16-21-14-22(31)17-23(32)15-21)27(38)35-26(29(40)42-5)19(3)43-28(39)25-11-9-13-36(25)20(4)37/h14-15,17-19,24-26H,6-13,16H2,1-5H3,(H,35,38)(H2,33,34,41)/t19-,24?,25?,26?/m0/s1. The van der Waals surface area contributed by atoms with Gasteiger partial charge in [0.15, 0.2) is 6.04 Å². The minimum Gasteiger partial charge on any atom is -0.467 e. The molecule has 1 aromatic rings. The molecule has 240 valence electrons. The van der Waals surface area contributed by atoms with E-state index in [2.05, 4.69) is 29.8 Å². The summed E-state index contributed by atoms with van der Waals surface area (Å²) in [5.41, 5.74) is 0.0892. The van der Waals surface area contributed by atoms with Crippen molar-refractivity contribution in [3.63, 3.8) is 0 Å². The van der Waals surface area contributed by atoms with Gasteiger partial charge in [-0.25, -0.2) is 23.2 Å². The van der Waals surface area contributed by atoms with Crippen LogP contribution in [0.2, 0.25) is 0 Å². The van der Waals surface area contributed by atoms with E-state index in [4.69, 9.17) is 9.47 Å². The Morgan fingerprint density at radius 1 is 1.00 bits per heavy atom. The molecule has 0 radical (unpaired) electrons. The van der Waals surface area contributed by atoms with Crippen molar-refractivity contribution >= 4 is 29.8 Å². The summed E-state index contributed by atoms with van der Waals surface area (Å²) < 4.78 is 38.0. The molecule has 0 saturated carbocycles. The van der Waals surface area contributed by atoms with Crippen LogP contribution in [0.25, 0.3) is 0 Å². The predicted molar refractivity (Wildman–Crippen MR) is 154 cm³/mol. The number of amides is 4. The molecule has 3 unspecified atom stereocenters. The fourth-order valence-corrected chi connectivity index (χ4v) is 4.91. The molecule has 11 nitrogen and oxygen atoms in total. The van der Waals surface area contributed by atoms with Gasteiger partial charge >= 0.3 is 18.0 Å². The van der Waals surface area contributed by atoms with Gasteiger partial charge in [0, 0.05) is 32.5 Å². The number of carbonyl (C=O) groups is 5. The highest BCUT2D eigenvalue weighted by atomic mass is 19.1. The summed E-state index contributed by atoms with van der Waals surface area (Å²) in [4.78, 5) is 64.8. The zero-order chi connectivity index (χ0) is 32.1. The van der Waals surface area contributed by atoms with Crippen LogP contribution >= 0.6 is 0 Å². The van der Waals surface area contributed by atoms with E-state index in [1.165, 1.54) is 18.7 Å². The number of nitrogens with zero attached hydrogens (tertiary/aromatic N) is 1. The SMILES string of the molecule is COC(=O)C(NC(=O)C(Cc1cc(F)cc(F)c1)NC(=O)NCCCCCC(C)C)[C@H](C)OC(=O)C1CCCN1C(C)=O. The molecular weight excluding hydrogens is 566 g/mol. The molecule has 43 heavy (non-hydrogen) atoms. The Morgan fingerprint density at radius 3 is 2.28 bits per heavy atom. The van der Waals surface area contributed by atoms with E-state index < -0.39 is 59.7 Å². The average molecular weight is 611 g/mol. The van der Waals surface area contributed by atoms with E-state index in [1.54, 1.807) is 0 Å². The Labute approximate surface area is 251 Å². The van der Waals surface area contributed by atoms with Crippen LogP contribution < -0.4 is 16.0 Å². The number of carbonyl (C=O) groups excluding carboxylic acids is 5. The van der Waals surface area contributed by atoms with Gasteiger partial charge in [0.2, 0.25) is 11.8 Å². The molecule has 1 aliphatic rings. The van der Waals surface area contributed by atoms with Crippen LogP contribution in [-0.4, -0.2) is 79.1 Å². The quantitative estimate of drug-likeness (QED) is 0.205. The molecule has 2 rings (SSSR count). The van der Waals surface area contributed by atoms with Crippen molar-refractivity contribution in [2.24, 2.45) is 5.92 Å². The van der Waals surface area contributed by atoms with Crippen molar-refractivity contribution < 1.29 is 42.2 Å². The summed E-state index contributed by atoms with van der Waals surface area (Å²) in [7, 11) is 1.09. The van der Waals surface area contributed by atoms with Gasteiger partial charge < -0.3 is 30.3 Å². The molecule has 1 heterocycles. The molecule has 13 heteroatoms. The van der Waals surface area contributed by atoms with Gasteiger partial charge in [-0.15, -0.1) is 0 Å². The lowest BCUT2D eigenvalue weighted by Crippen LogP contribution is -2.57. The van der Waals surface area contributed by atoms with Gasteiger partial charge in [-0.3, -0.25) is 9.59 Å².